The van der Waals surface area contributed by atoms with Crippen LogP contribution in [0, 0.1) is 0 Å². The molecule has 0 saturated heterocycles. The molecule has 0 atom stereocenters. The molecule has 20 nitrogen and oxygen atoms in total. The number of anilines is 8. The van der Waals surface area contributed by atoms with Crippen LogP contribution in [0.1, 0.15) is 111 Å². The maximum Gasteiger partial charge on any atom is 0.172 e. The summed E-state index contributed by atoms with van der Waals surface area (Å²) < 4.78 is 0. The largest absolute Gasteiger partial charge is 0.354 e. The number of rotatable bonds is 24. The number of aromatic nitrogens is 12. The smallest absolute Gasteiger partial charge is 0.172 e. The topological polar surface area (TPSA) is 186 Å². The Labute approximate surface area is 473 Å². The molecule has 426 valence electrons. The summed E-state index contributed by atoms with van der Waals surface area (Å²) in [4.78, 5) is 82.0. The molecule has 2 aliphatic heterocycles. The maximum absolute atomic E-state index is 5.62. The van der Waals surface area contributed by atoms with Gasteiger partial charge in [0.1, 0.15) is 44.8 Å². The predicted molar refractivity (Wildman–Crippen MR) is 336 cm³/mol. The lowest BCUT2D eigenvalue weighted by molar-refractivity contribution is 0.803. The van der Waals surface area contributed by atoms with Gasteiger partial charge in [0, 0.05) is 105 Å². The molecule has 0 unspecified atom stereocenters. The van der Waals surface area contributed by atoms with Gasteiger partial charge in [0.2, 0.25) is 0 Å². The van der Waals surface area contributed by atoms with Gasteiger partial charge in [-0.1, -0.05) is 0 Å². The third-order valence-corrected chi connectivity index (χ3v) is 16.1. The minimum atomic E-state index is 0.651. The second-order valence-electron chi connectivity index (χ2n) is 19.9. The SMILES string of the molecule is CCN(CC)c1nc2c(nc1N(CC)CC)-c1cc3[nH]c(cc4nc(cc5[nH]c(cc-2n1)c1nc(N(CC)CC)c(N(CC)CC)nc51)-c1nc(N(CC)CC)c(N(CC)CC)nc1-4)c1nc(N(CC)CC)c(N(CC)CC)nc31. The molecule has 0 aliphatic carbocycles. The molecule has 80 heavy (non-hydrogen) atoms. The first-order valence-electron chi connectivity index (χ1n) is 29.9. The molecule has 0 saturated carbocycles. The minimum absolute atomic E-state index is 0.651. The van der Waals surface area contributed by atoms with Crippen LogP contribution >= 0.6 is 0 Å². The number of nitrogens with zero attached hydrogens (tertiary/aromatic N) is 18. The van der Waals surface area contributed by atoms with Crippen molar-refractivity contribution >= 4 is 90.7 Å². The lowest BCUT2D eigenvalue weighted by Gasteiger charge is -2.28. The number of aromatic amines is 2. The van der Waals surface area contributed by atoms with E-state index in [-0.39, 0.29) is 0 Å². The first-order chi connectivity index (χ1) is 38.9. The molecule has 7 aromatic heterocycles. The zero-order chi connectivity index (χ0) is 57.1. The maximum atomic E-state index is 5.62. The zero-order valence-corrected chi connectivity index (χ0v) is 50.7. The highest BCUT2D eigenvalue weighted by atomic mass is 15.3. The molecular weight excluding hydrogens is 1000 g/mol. The van der Waals surface area contributed by atoms with Gasteiger partial charge in [-0.2, -0.15) is 0 Å². The van der Waals surface area contributed by atoms with Crippen molar-refractivity contribution in [2.45, 2.75) is 111 Å². The zero-order valence-electron chi connectivity index (χ0n) is 50.7. The van der Waals surface area contributed by atoms with Gasteiger partial charge in [-0.05, 0) is 135 Å². The van der Waals surface area contributed by atoms with E-state index in [0.717, 1.165) is 173 Å². The summed E-state index contributed by atoms with van der Waals surface area (Å²) in [5.74, 6) is 6.61. The molecule has 9 heterocycles. The summed E-state index contributed by atoms with van der Waals surface area (Å²) in [6.07, 6.45) is 0. The van der Waals surface area contributed by atoms with E-state index >= 15 is 0 Å². The van der Waals surface area contributed by atoms with E-state index in [1.807, 2.05) is 0 Å². The first-order valence-corrected chi connectivity index (χ1v) is 29.9. The van der Waals surface area contributed by atoms with Crippen LogP contribution in [-0.2, 0) is 0 Å². The Morgan fingerprint density at radius 2 is 0.375 bits per heavy atom. The molecule has 0 aromatic carbocycles. The second-order valence-corrected chi connectivity index (χ2v) is 19.9. The van der Waals surface area contributed by atoms with Crippen LogP contribution < -0.4 is 39.2 Å². The first kappa shape index (κ1) is 57.1. The van der Waals surface area contributed by atoms with Crippen LogP contribution in [0.5, 0.6) is 0 Å². The predicted octanol–water partition coefficient (Wildman–Crippen LogP) is 11.2. The summed E-state index contributed by atoms with van der Waals surface area (Å²) in [5, 5.41) is 0. The van der Waals surface area contributed by atoms with Crippen molar-refractivity contribution in [1.82, 2.24) is 59.8 Å². The average Bonchev–Trinajstić information content (AvgIpc) is 4.31. The van der Waals surface area contributed by atoms with E-state index < -0.39 is 0 Å². The monoisotopic (exact) mass is 1090 g/mol. The summed E-state index contributed by atoms with van der Waals surface area (Å²) in [6.45, 7) is 46.9. The van der Waals surface area contributed by atoms with E-state index in [1.54, 1.807) is 0 Å². The van der Waals surface area contributed by atoms with Crippen molar-refractivity contribution in [1.29, 1.82) is 0 Å². The molecule has 0 amide bonds. The average molecular weight is 1090 g/mol. The normalized spacial score (nSPS) is 11.8. The standard InChI is InChI=1S/C60H86N20/c1-17-73(18-2)53-54(74(19-3)20-4)66-46-38-34-40-48-50(70-58(78(27-11)28-12)57(68-48)77(25-9)26-10)42(63-40)36-44-52-51(71-59(79(29-13)30-14)60(72-52)80(31-15)32-16)43(64-44)35-41-49-47(39(62-41)33-37(61-38)45(46)65-53)67-55(75(21-5)22-6)56(69-49)76(23-7)24-8/h33-36,61,64H,17-32H2,1-16H3. The van der Waals surface area contributed by atoms with E-state index in [1.165, 1.54) is 0 Å². The van der Waals surface area contributed by atoms with Gasteiger partial charge in [0.05, 0.1) is 44.8 Å². The van der Waals surface area contributed by atoms with E-state index in [0.29, 0.717) is 67.6 Å². The van der Waals surface area contributed by atoms with E-state index in [2.05, 4.69) is 184 Å². The number of H-pyrrole nitrogens is 2. The molecule has 9 rings (SSSR count). The highest BCUT2D eigenvalue weighted by molar-refractivity contribution is 6.07. The molecular formula is C60H86N20. The number of fused-ring (bicyclic) bond motifs is 20. The van der Waals surface area contributed by atoms with Gasteiger partial charge in [0.25, 0.3) is 0 Å². The van der Waals surface area contributed by atoms with Crippen LogP contribution in [0.2, 0.25) is 0 Å². The van der Waals surface area contributed by atoms with Crippen molar-refractivity contribution < 1.29 is 0 Å². The Kier molecular flexibility index (Phi) is 17.4. The van der Waals surface area contributed by atoms with Crippen molar-refractivity contribution in [2.75, 3.05) is 144 Å². The Balaban J connectivity index is 1.55. The quantitative estimate of drug-likeness (QED) is 0.0581. The third kappa shape index (κ3) is 9.96. The summed E-state index contributed by atoms with van der Waals surface area (Å²) >= 11 is 0. The Morgan fingerprint density at radius 1 is 0.225 bits per heavy atom. The van der Waals surface area contributed by atoms with Crippen molar-refractivity contribution in [3.63, 3.8) is 0 Å². The van der Waals surface area contributed by atoms with Gasteiger partial charge in [-0.3, -0.25) is 0 Å². The van der Waals surface area contributed by atoms with Crippen molar-refractivity contribution in [3.8, 4) is 45.6 Å². The van der Waals surface area contributed by atoms with Gasteiger partial charge in [-0.25, -0.2) is 49.8 Å². The second kappa shape index (κ2) is 24.4. The summed E-state index contributed by atoms with van der Waals surface area (Å²) in [7, 11) is 0. The van der Waals surface area contributed by atoms with Gasteiger partial charge >= 0.3 is 0 Å². The molecule has 2 aliphatic rings. The molecule has 20 heteroatoms. The van der Waals surface area contributed by atoms with Crippen LogP contribution in [0.15, 0.2) is 24.3 Å². The lowest BCUT2D eigenvalue weighted by Crippen LogP contribution is -2.30. The molecule has 0 radical (unpaired) electrons. The van der Waals surface area contributed by atoms with Crippen LogP contribution in [0.3, 0.4) is 0 Å². The van der Waals surface area contributed by atoms with Gasteiger partial charge in [0.15, 0.2) is 46.5 Å². The number of nitrogens with one attached hydrogen (secondary N) is 2. The highest BCUT2D eigenvalue weighted by Crippen LogP contribution is 2.44. The van der Waals surface area contributed by atoms with E-state index in [4.69, 9.17) is 49.8 Å². The van der Waals surface area contributed by atoms with Crippen LogP contribution in [0.25, 0.3) is 89.7 Å². The number of hydrogen-bond acceptors (Lipinski definition) is 18. The van der Waals surface area contributed by atoms with Crippen LogP contribution in [-0.4, -0.2) is 165 Å². The fourth-order valence-corrected chi connectivity index (χ4v) is 11.4. The Morgan fingerprint density at radius 3 is 0.525 bits per heavy atom. The molecule has 0 fully saturated rings. The lowest BCUT2D eigenvalue weighted by atomic mass is 10.2. The molecule has 8 bridgehead atoms. The molecule has 7 aromatic rings. The fraction of sp³-hybridized carbons (Fsp3) is 0.533. The van der Waals surface area contributed by atoms with E-state index in [9.17, 15) is 0 Å². The third-order valence-electron chi connectivity index (χ3n) is 16.1. The Bertz CT molecular complexity index is 3050. The molecule has 0 spiro atoms. The summed E-state index contributed by atoms with van der Waals surface area (Å²) in [6, 6.07) is 8.33. The minimum Gasteiger partial charge on any atom is -0.354 e. The highest BCUT2D eigenvalue weighted by Gasteiger charge is 2.31. The Hall–Kier alpha value is -7.64. The number of hydrogen-bond donors (Lipinski definition) is 2. The van der Waals surface area contributed by atoms with Gasteiger partial charge in [-0.15, -0.1) is 0 Å². The molecule has 2 N–H and O–H groups in total. The fourth-order valence-electron chi connectivity index (χ4n) is 11.4. The van der Waals surface area contributed by atoms with Crippen molar-refractivity contribution in [3.05, 3.63) is 24.3 Å². The summed E-state index contributed by atoms with van der Waals surface area (Å²) in [5.41, 5.74) is 11.1. The van der Waals surface area contributed by atoms with Gasteiger partial charge < -0.3 is 49.2 Å². The van der Waals surface area contributed by atoms with Crippen LogP contribution in [0.4, 0.5) is 46.5 Å². The van der Waals surface area contributed by atoms with Crippen molar-refractivity contribution in [2.24, 2.45) is 0 Å².